The molecule has 1 fully saturated rings. The van der Waals surface area contributed by atoms with Gasteiger partial charge in [-0.15, -0.1) is 10.2 Å². The number of carbonyl (C=O) groups is 2. The van der Waals surface area contributed by atoms with Crippen molar-refractivity contribution in [2.45, 2.75) is 11.8 Å². The molecule has 0 aliphatic carbocycles. The molecule has 0 saturated carbocycles. The minimum absolute atomic E-state index is 0.137. The fraction of sp³-hybridized carbons (Fsp3) is 0.412. The number of hydrogen-bond donors (Lipinski definition) is 1. The molecule has 0 unspecified atom stereocenters. The van der Waals surface area contributed by atoms with E-state index in [2.05, 4.69) is 25.2 Å². The van der Waals surface area contributed by atoms with Gasteiger partial charge in [0, 0.05) is 18.8 Å². The van der Waals surface area contributed by atoms with Crippen LogP contribution >= 0.6 is 11.8 Å². The number of thioether (sulfide) groups is 1. The third-order valence-electron chi connectivity index (χ3n) is 3.83. The van der Waals surface area contributed by atoms with Crippen molar-refractivity contribution in [1.82, 2.24) is 15.1 Å². The number of amides is 1. The van der Waals surface area contributed by atoms with Gasteiger partial charge < -0.3 is 19.2 Å². The van der Waals surface area contributed by atoms with Crippen molar-refractivity contribution in [3.63, 3.8) is 0 Å². The van der Waals surface area contributed by atoms with Gasteiger partial charge in [-0.1, -0.05) is 11.8 Å². The van der Waals surface area contributed by atoms with Crippen LogP contribution in [-0.2, 0) is 20.8 Å². The van der Waals surface area contributed by atoms with Crippen molar-refractivity contribution in [2.75, 3.05) is 44.5 Å². The molecule has 1 saturated heterocycles. The number of ether oxygens (including phenoxy) is 2. The lowest BCUT2D eigenvalue weighted by atomic mass is 10.2. The second kappa shape index (κ2) is 9.49. The molecule has 2 heterocycles. The summed E-state index contributed by atoms with van der Waals surface area (Å²) < 4.78 is 15.5. The molecule has 3 rings (SSSR count). The predicted octanol–water partition coefficient (Wildman–Crippen LogP) is 1.42. The molecule has 0 radical (unpaired) electrons. The molecule has 27 heavy (non-hydrogen) atoms. The van der Waals surface area contributed by atoms with Gasteiger partial charge in [0.1, 0.15) is 0 Å². The van der Waals surface area contributed by atoms with Crippen LogP contribution in [0.15, 0.2) is 33.9 Å². The van der Waals surface area contributed by atoms with Gasteiger partial charge in [-0.25, -0.2) is 4.79 Å². The highest BCUT2D eigenvalue weighted by Crippen LogP contribution is 2.18. The molecule has 0 spiro atoms. The zero-order valence-electron chi connectivity index (χ0n) is 14.8. The maximum absolute atomic E-state index is 12.0. The largest absolute Gasteiger partial charge is 0.465 e. The molecule has 10 heteroatoms. The van der Waals surface area contributed by atoms with Gasteiger partial charge in [0.25, 0.3) is 5.22 Å². The first kappa shape index (κ1) is 19.3. The molecule has 1 aromatic heterocycles. The minimum Gasteiger partial charge on any atom is -0.465 e. The predicted molar refractivity (Wildman–Crippen MR) is 97.5 cm³/mol. The molecular weight excluding hydrogens is 372 g/mol. The first-order valence-corrected chi connectivity index (χ1v) is 9.36. The van der Waals surface area contributed by atoms with Gasteiger partial charge >= 0.3 is 5.97 Å². The quantitative estimate of drug-likeness (QED) is 0.553. The highest BCUT2D eigenvalue weighted by atomic mass is 32.2. The molecular formula is C17H20N4O5S. The number of nitrogens with zero attached hydrogens (tertiary/aromatic N) is 3. The third-order valence-corrected chi connectivity index (χ3v) is 4.65. The average molecular weight is 392 g/mol. The molecule has 1 aromatic carbocycles. The number of hydrogen-bond acceptors (Lipinski definition) is 9. The zero-order chi connectivity index (χ0) is 19.1. The SMILES string of the molecule is COC(=O)c1ccc(NC(=O)CSc2nnc(CN3CCOCC3)o2)cc1. The summed E-state index contributed by atoms with van der Waals surface area (Å²) in [6, 6.07) is 6.46. The Bertz CT molecular complexity index is 774. The average Bonchev–Trinajstić information content (AvgIpc) is 3.14. The van der Waals surface area contributed by atoms with Crippen LogP contribution < -0.4 is 5.32 Å². The third kappa shape index (κ3) is 5.78. The van der Waals surface area contributed by atoms with Gasteiger partial charge in [0.05, 0.1) is 38.2 Å². The van der Waals surface area contributed by atoms with Gasteiger partial charge in [0.15, 0.2) is 0 Å². The summed E-state index contributed by atoms with van der Waals surface area (Å²) in [5.41, 5.74) is 1.01. The lowest BCUT2D eigenvalue weighted by Crippen LogP contribution is -2.35. The van der Waals surface area contributed by atoms with Gasteiger partial charge in [-0.3, -0.25) is 9.69 Å². The van der Waals surface area contributed by atoms with Crippen molar-refractivity contribution >= 4 is 29.3 Å². The molecule has 2 aromatic rings. The highest BCUT2D eigenvalue weighted by Gasteiger charge is 2.15. The van der Waals surface area contributed by atoms with E-state index in [-0.39, 0.29) is 11.7 Å². The summed E-state index contributed by atoms with van der Waals surface area (Å²) in [5, 5.41) is 11.1. The summed E-state index contributed by atoms with van der Waals surface area (Å²) in [5.74, 6) is 0.0301. The van der Waals surface area contributed by atoms with Gasteiger partial charge in [-0.2, -0.15) is 0 Å². The highest BCUT2D eigenvalue weighted by molar-refractivity contribution is 7.99. The van der Waals surface area contributed by atoms with Crippen LogP contribution in [0.2, 0.25) is 0 Å². The summed E-state index contributed by atoms with van der Waals surface area (Å²) in [4.78, 5) is 25.6. The van der Waals surface area contributed by atoms with Crippen LogP contribution in [-0.4, -0.2) is 66.1 Å². The number of benzene rings is 1. The number of nitrogens with one attached hydrogen (secondary N) is 1. The Morgan fingerprint density at radius 3 is 2.67 bits per heavy atom. The Kier molecular flexibility index (Phi) is 6.80. The molecule has 0 bridgehead atoms. The second-order valence-electron chi connectivity index (χ2n) is 5.76. The lowest BCUT2D eigenvalue weighted by molar-refractivity contribution is -0.113. The topological polar surface area (TPSA) is 107 Å². The fourth-order valence-electron chi connectivity index (χ4n) is 2.44. The number of rotatable bonds is 7. The van der Waals surface area contributed by atoms with E-state index >= 15 is 0 Å². The maximum Gasteiger partial charge on any atom is 0.337 e. The Balaban J connectivity index is 1.44. The Hall–Kier alpha value is -2.43. The van der Waals surface area contributed by atoms with Gasteiger partial charge in [-0.05, 0) is 24.3 Å². The molecule has 144 valence electrons. The number of esters is 1. The monoisotopic (exact) mass is 392 g/mol. The van der Waals surface area contributed by atoms with E-state index < -0.39 is 5.97 Å². The lowest BCUT2D eigenvalue weighted by Gasteiger charge is -2.24. The summed E-state index contributed by atoms with van der Waals surface area (Å²) in [7, 11) is 1.32. The van der Waals surface area contributed by atoms with Crippen molar-refractivity contribution in [3.05, 3.63) is 35.7 Å². The summed E-state index contributed by atoms with van der Waals surface area (Å²) >= 11 is 1.17. The molecule has 1 N–H and O–H groups in total. The summed E-state index contributed by atoms with van der Waals surface area (Å²) in [6.45, 7) is 3.66. The Morgan fingerprint density at radius 2 is 1.96 bits per heavy atom. The molecule has 0 atom stereocenters. The van der Waals surface area contributed by atoms with Crippen LogP contribution in [0.3, 0.4) is 0 Å². The number of morpholine rings is 1. The van der Waals surface area contributed by atoms with E-state index in [4.69, 9.17) is 9.15 Å². The summed E-state index contributed by atoms with van der Waals surface area (Å²) in [6.07, 6.45) is 0. The molecule has 1 aliphatic rings. The number of carbonyl (C=O) groups excluding carboxylic acids is 2. The van der Waals surface area contributed by atoms with Crippen molar-refractivity contribution < 1.29 is 23.5 Å². The number of aromatic nitrogens is 2. The standard InChI is InChI=1S/C17H20N4O5S/c1-24-16(23)12-2-4-13(5-3-12)18-14(22)11-27-17-20-19-15(26-17)10-21-6-8-25-9-7-21/h2-5H,6-11H2,1H3,(H,18,22). The van der Waals surface area contributed by atoms with Crippen molar-refractivity contribution in [3.8, 4) is 0 Å². The number of methoxy groups -OCH3 is 1. The van der Waals surface area contributed by atoms with Crippen LogP contribution in [0.25, 0.3) is 0 Å². The number of anilines is 1. The van der Waals surface area contributed by atoms with E-state index in [0.717, 1.165) is 13.1 Å². The smallest absolute Gasteiger partial charge is 0.337 e. The van der Waals surface area contributed by atoms with E-state index in [1.165, 1.54) is 18.9 Å². The molecule has 1 aliphatic heterocycles. The van der Waals surface area contributed by atoms with Gasteiger partial charge in [0.2, 0.25) is 11.8 Å². The zero-order valence-corrected chi connectivity index (χ0v) is 15.7. The molecule has 9 nitrogen and oxygen atoms in total. The van der Waals surface area contributed by atoms with Crippen molar-refractivity contribution in [1.29, 1.82) is 0 Å². The van der Waals surface area contributed by atoms with E-state index in [1.807, 2.05) is 0 Å². The van der Waals surface area contributed by atoms with E-state index in [9.17, 15) is 9.59 Å². The normalized spacial score (nSPS) is 14.7. The second-order valence-corrected chi connectivity index (χ2v) is 6.68. The first-order chi connectivity index (χ1) is 13.1. The fourth-order valence-corrected chi connectivity index (χ4v) is 3.02. The van der Waals surface area contributed by atoms with E-state index in [1.54, 1.807) is 24.3 Å². The minimum atomic E-state index is -0.423. The van der Waals surface area contributed by atoms with Crippen LogP contribution in [0.4, 0.5) is 5.69 Å². The maximum atomic E-state index is 12.0. The Labute approximate surface area is 160 Å². The Morgan fingerprint density at radius 1 is 1.22 bits per heavy atom. The van der Waals surface area contributed by atoms with Crippen LogP contribution in [0.1, 0.15) is 16.2 Å². The van der Waals surface area contributed by atoms with E-state index in [0.29, 0.717) is 42.1 Å². The van der Waals surface area contributed by atoms with Crippen molar-refractivity contribution in [2.24, 2.45) is 0 Å². The van der Waals surface area contributed by atoms with Crippen LogP contribution in [0, 0.1) is 0 Å². The molecule has 1 amide bonds. The first-order valence-electron chi connectivity index (χ1n) is 8.37. The van der Waals surface area contributed by atoms with Crippen LogP contribution in [0.5, 0.6) is 0 Å².